The molecule has 0 saturated carbocycles. The first-order valence-electron chi connectivity index (χ1n) is 16.1. The van der Waals surface area contributed by atoms with E-state index in [2.05, 4.69) is 10.6 Å². The van der Waals surface area contributed by atoms with Crippen molar-refractivity contribution < 1.29 is 30.0 Å². The Morgan fingerprint density at radius 2 is 1.13 bits per heavy atom. The molecule has 52 heavy (non-hydrogen) atoms. The van der Waals surface area contributed by atoms with Crippen LogP contribution in [0.5, 0.6) is 23.0 Å². The van der Waals surface area contributed by atoms with E-state index in [0.717, 1.165) is 22.8 Å². The number of aryl methyl sites for hydroxylation is 2. The van der Waals surface area contributed by atoms with Crippen molar-refractivity contribution in [3.63, 3.8) is 0 Å². The van der Waals surface area contributed by atoms with Gasteiger partial charge in [0.15, 0.2) is 22.4 Å². The van der Waals surface area contributed by atoms with E-state index in [0.29, 0.717) is 11.6 Å². The zero-order valence-electron chi connectivity index (χ0n) is 28.4. The van der Waals surface area contributed by atoms with Crippen LogP contribution in [0.15, 0.2) is 79.8 Å². The summed E-state index contributed by atoms with van der Waals surface area (Å²) in [4.78, 5) is 80.9. The second kappa shape index (κ2) is 13.1. The van der Waals surface area contributed by atoms with Crippen molar-refractivity contribution in [1.29, 1.82) is 0 Å². The monoisotopic (exact) mass is 700 g/mol. The molecule has 0 radical (unpaired) electrons. The van der Waals surface area contributed by atoms with Gasteiger partial charge in [-0.1, -0.05) is 59.7 Å². The minimum atomic E-state index is -1.27. The van der Waals surface area contributed by atoms with Crippen molar-refractivity contribution >= 4 is 22.6 Å². The smallest absolute Gasteiger partial charge is 0.256 e. The summed E-state index contributed by atoms with van der Waals surface area (Å²) in [5.74, 6) is -5.07. The first-order chi connectivity index (χ1) is 24.6. The Hall–Kier alpha value is -6.82. The van der Waals surface area contributed by atoms with E-state index < -0.39 is 84.3 Å². The predicted molar refractivity (Wildman–Crippen MR) is 194 cm³/mol. The van der Waals surface area contributed by atoms with Gasteiger partial charge < -0.3 is 31.1 Å². The lowest BCUT2D eigenvalue weighted by Crippen LogP contribution is -2.40. The van der Waals surface area contributed by atoms with Gasteiger partial charge in [-0.3, -0.25) is 28.8 Å². The number of carbonyl (C=O) groups excluding carboxylic acids is 2. The van der Waals surface area contributed by atoms with Crippen LogP contribution in [0.2, 0.25) is 0 Å². The lowest BCUT2D eigenvalue weighted by Gasteiger charge is -2.20. The average Bonchev–Trinajstić information content (AvgIpc) is 3.10. The van der Waals surface area contributed by atoms with Crippen LogP contribution in [0.3, 0.4) is 0 Å². The maximum absolute atomic E-state index is 14.2. The van der Waals surface area contributed by atoms with Crippen LogP contribution in [0.25, 0.3) is 33.0 Å². The summed E-state index contributed by atoms with van der Waals surface area (Å²) >= 11 is 0. The molecule has 262 valence electrons. The minimum absolute atomic E-state index is 0.0156. The van der Waals surface area contributed by atoms with E-state index in [-0.39, 0.29) is 40.6 Å². The van der Waals surface area contributed by atoms with Crippen LogP contribution in [-0.4, -0.2) is 32.2 Å². The zero-order chi connectivity index (χ0) is 37.8. The Kier molecular flexibility index (Phi) is 8.85. The summed E-state index contributed by atoms with van der Waals surface area (Å²) in [6.07, 6.45) is 0. The second-order valence-corrected chi connectivity index (χ2v) is 12.7. The van der Waals surface area contributed by atoms with Gasteiger partial charge in [0, 0.05) is 57.7 Å². The highest BCUT2D eigenvalue weighted by molar-refractivity contribution is 6.16. The highest BCUT2D eigenvalue weighted by Crippen LogP contribution is 2.49. The highest BCUT2D eigenvalue weighted by Gasteiger charge is 2.33. The largest absolute Gasteiger partial charge is 0.507 e. The molecule has 0 fully saturated rings. The summed E-state index contributed by atoms with van der Waals surface area (Å²) in [7, 11) is 0. The third-order valence-electron chi connectivity index (χ3n) is 9.17. The van der Waals surface area contributed by atoms with Gasteiger partial charge in [-0.05, 0) is 44.9 Å². The maximum atomic E-state index is 14.2. The van der Waals surface area contributed by atoms with E-state index in [9.17, 15) is 49.2 Å². The molecule has 0 unspecified atom stereocenters. The van der Waals surface area contributed by atoms with E-state index in [1.54, 1.807) is 30.3 Å². The van der Waals surface area contributed by atoms with Crippen molar-refractivity contribution in [3.8, 4) is 45.3 Å². The molecule has 4 aromatic carbocycles. The number of carbonyl (C=O) groups is 2. The van der Waals surface area contributed by atoms with E-state index in [4.69, 9.17) is 0 Å². The number of benzene rings is 6. The number of phenols is 4. The Bertz CT molecular complexity index is 2690. The van der Waals surface area contributed by atoms with Crippen molar-refractivity contribution in [3.05, 3.63) is 146 Å². The van der Waals surface area contributed by atoms with Crippen LogP contribution >= 0.6 is 0 Å². The van der Waals surface area contributed by atoms with Crippen LogP contribution in [0.4, 0.5) is 0 Å². The van der Waals surface area contributed by atoms with Crippen molar-refractivity contribution in [2.24, 2.45) is 0 Å². The summed E-state index contributed by atoms with van der Waals surface area (Å²) in [6, 6.07) is 15.9. The molecule has 0 atom stereocenters. The number of rotatable bonds is 7. The lowest BCUT2D eigenvalue weighted by atomic mass is 9.84. The van der Waals surface area contributed by atoms with Crippen LogP contribution in [0.1, 0.15) is 54.1 Å². The Balaban J connectivity index is 1.53. The number of fused-ring (bicyclic) bond motifs is 2. The Morgan fingerprint density at radius 1 is 0.577 bits per heavy atom. The summed E-state index contributed by atoms with van der Waals surface area (Å²) < 4.78 is 0. The summed E-state index contributed by atoms with van der Waals surface area (Å²) in [5, 5.41) is 49.1. The average molecular weight is 701 g/mol. The molecule has 0 aromatic heterocycles. The van der Waals surface area contributed by atoms with Gasteiger partial charge in [-0.15, -0.1) is 0 Å². The van der Waals surface area contributed by atoms with E-state index >= 15 is 0 Å². The molecular formula is C40H32N2O10. The van der Waals surface area contributed by atoms with Gasteiger partial charge in [0.05, 0.1) is 11.1 Å². The number of nitrogens with one attached hydrogen (secondary N) is 2. The normalized spacial score (nSPS) is 11.2. The van der Waals surface area contributed by atoms with Crippen molar-refractivity contribution in [1.82, 2.24) is 10.6 Å². The maximum Gasteiger partial charge on any atom is 0.256 e. The number of amides is 2. The first kappa shape index (κ1) is 35.0. The van der Waals surface area contributed by atoms with E-state index in [1.807, 2.05) is 32.0 Å². The third kappa shape index (κ3) is 5.79. The standard InChI is InChI=1S/C40H32N2O10/c1-17-7-5-9-21(11-17)15-41-39(51)31-29-23(13-25(43)37(31)49)35(47)27(19(3)33(29)45)28-20(4)34(46)30-24(36(28)48)14-26(44)38(50)32(30)40(52)42-16-22-10-6-8-18(2)12-22/h5-14,43,45,47,49H,15-16H2,1-4H3,(H,41,51)(H,42,52). The van der Waals surface area contributed by atoms with Gasteiger partial charge in [0.1, 0.15) is 17.1 Å². The lowest BCUT2D eigenvalue weighted by molar-refractivity contribution is 0.0941. The second-order valence-electron chi connectivity index (χ2n) is 12.7. The molecule has 2 aliphatic carbocycles. The fraction of sp³-hybridized carbons (Fsp3) is 0.150. The van der Waals surface area contributed by atoms with Gasteiger partial charge in [0.2, 0.25) is 10.9 Å². The summed E-state index contributed by atoms with van der Waals surface area (Å²) in [5.41, 5.74) is -5.02. The molecule has 6 N–H and O–H groups in total. The summed E-state index contributed by atoms with van der Waals surface area (Å²) in [6.45, 7) is 6.20. The molecule has 4 aromatic rings. The van der Waals surface area contributed by atoms with Gasteiger partial charge in [-0.25, -0.2) is 0 Å². The Morgan fingerprint density at radius 3 is 1.69 bits per heavy atom. The molecule has 0 bridgehead atoms. The third-order valence-corrected chi connectivity index (χ3v) is 9.17. The number of phenolic OH excluding ortho intramolecular Hbond substituents is 4. The molecule has 2 aliphatic rings. The van der Waals surface area contributed by atoms with Gasteiger partial charge >= 0.3 is 0 Å². The Labute approximate surface area is 294 Å². The molecular weight excluding hydrogens is 668 g/mol. The first-order valence-corrected chi connectivity index (χ1v) is 16.1. The van der Waals surface area contributed by atoms with Gasteiger partial charge in [0.25, 0.3) is 11.8 Å². The molecule has 0 aliphatic heterocycles. The minimum Gasteiger partial charge on any atom is -0.507 e. The van der Waals surface area contributed by atoms with Crippen molar-refractivity contribution in [2.45, 2.75) is 40.8 Å². The SMILES string of the molecule is Cc1cccc(CNC(=O)c2c3c(=O)c(C)c(-c4c(C)c(O)c5c(C(=O)NCc6cccc(C)c6)c(O)c(O)cc5c4O)c(=O)c-3cc(=O)c2=O)c1. The number of hydrogen-bond donors (Lipinski definition) is 6. The fourth-order valence-electron chi connectivity index (χ4n) is 6.60. The number of aromatic hydroxyl groups is 4. The molecule has 2 amide bonds. The van der Waals surface area contributed by atoms with Crippen LogP contribution in [0, 0.1) is 27.7 Å². The molecule has 0 heterocycles. The molecule has 12 heteroatoms. The van der Waals surface area contributed by atoms with Gasteiger partial charge in [-0.2, -0.15) is 0 Å². The molecule has 12 nitrogen and oxygen atoms in total. The van der Waals surface area contributed by atoms with Crippen molar-refractivity contribution in [2.75, 3.05) is 0 Å². The van der Waals surface area contributed by atoms with Crippen LogP contribution < -0.4 is 32.3 Å². The fourth-order valence-corrected chi connectivity index (χ4v) is 6.60. The molecule has 0 saturated heterocycles. The molecule has 0 spiro atoms. The zero-order valence-corrected chi connectivity index (χ0v) is 28.4. The highest BCUT2D eigenvalue weighted by atomic mass is 16.3. The molecule has 6 rings (SSSR count). The number of hydrogen-bond acceptors (Lipinski definition) is 10. The van der Waals surface area contributed by atoms with E-state index in [1.165, 1.54) is 13.8 Å². The predicted octanol–water partition coefficient (Wildman–Crippen LogP) is 3.84. The van der Waals surface area contributed by atoms with Crippen LogP contribution in [-0.2, 0) is 13.1 Å². The quantitative estimate of drug-likeness (QED) is 0.0806. The topological polar surface area (TPSA) is 207 Å².